The van der Waals surface area contributed by atoms with Crippen LogP contribution in [0.2, 0.25) is 0 Å². The van der Waals surface area contributed by atoms with Crippen molar-refractivity contribution < 1.29 is 9.90 Å². The lowest BCUT2D eigenvalue weighted by Gasteiger charge is -2.14. The molecule has 0 saturated heterocycles. The molecule has 3 N–H and O–H groups in total. The Morgan fingerprint density at radius 2 is 1.83 bits per heavy atom. The first-order valence-corrected chi connectivity index (χ1v) is 8.90. The van der Waals surface area contributed by atoms with Crippen molar-refractivity contribution in [1.82, 2.24) is 4.57 Å². The van der Waals surface area contributed by atoms with E-state index in [-0.39, 0.29) is 12.1 Å². The van der Waals surface area contributed by atoms with Crippen molar-refractivity contribution in [2.45, 2.75) is 52.0 Å². The maximum atomic E-state index is 9.12. The van der Waals surface area contributed by atoms with Crippen molar-refractivity contribution in [1.29, 1.82) is 0 Å². The Morgan fingerprint density at radius 3 is 2.29 bits per heavy atom. The van der Waals surface area contributed by atoms with Crippen molar-refractivity contribution >= 4 is 33.6 Å². The lowest BCUT2D eigenvalue weighted by molar-refractivity contribution is -0.0979. The minimum atomic E-state index is 0. The maximum absolute atomic E-state index is 9.12. The van der Waals surface area contributed by atoms with Crippen LogP contribution in [0.1, 0.15) is 52.1 Å². The monoisotopic (exact) mass is 398 g/mol. The van der Waals surface area contributed by atoms with Gasteiger partial charge >= 0.3 is 0 Å². The van der Waals surface area contributed by atoms with Crippen LogP contribution in [0.25, 0.3) is 10.9 Å². The number of carbonyl (C=O) groups excluding carboxylic acids is 1. The second-order valence-corrected chi connectivity index (χ2v) is 7.73. The Labute approximate surface area is 154 Å². The summed E-state index contributed by atoms with van der Waals surface area (Å²) in [6.45, 7) is 10.3. The quantitative estimate of drug-likeness (QED) is 0.802. The summed E-state index contributed by atoms with van der Waals surface area (Å²) in [5, 5.41) is 10.4. The lowest BCUT2D eigenvalue weighted by Crippen LogP contribution is -2.26. The highest BCUT2D eigenvalue weighted by Crippen LogP contribution is 2.30. The average Bonchev–Trinajstić information content (AvgIpc) is 2.82. The van der Waals surface area contributed by atoms with Crippen molar-refractivity contribution in [3.63, 3.8) is 0 Å². The summed E-state index contributed by atoms with van der Waals surface area (Å²) in [6.07, 6.45) is 1.90. The van der Waals surface area contributed by atoms with E-state index in [2.05, 4.69) is 58.7 Å². The lowest BCUT2D eigenvalue weighted by atomic mass is 9.99. The van der Waals surface area contributed by atoms with E-state index >= 15 is 0 Å². The van der Waals surface area contributed by atoms with Crippen LogP contribution in [0.4, 0.5) is 0 Å². The summed E-state index contributed by atoms with van der Waals surface area (Å²) >= 11 is 3.51. The smallest absolute Gasteiger partial charge is 0.106 e. The molecular weight excluding hydrogens is 368 g/mol. The molecule has 1 unspecified atom stereocenters. The fraction of sp³-hybridized carbons (Fsp3) is 0.526. The Hall–Kier alpha value is -1.17. The molecule has 4 nitrogen and oxygen atoms in total. The number of rotatable bonds is 4. The highest BCUT2D eigenvalue weighted by molar-refractivity contribution is 9.10. The Bertz CT molecular complexity index is 612. The molecular formula is C19H31BrN2O2. The number of hydrogen-bond acceptors (Lipinski definition) is 3. The fourth-order valence-electron chi connectivity index (χ4n) is 2.43. The van der Waals surface area contributed by atoms with Crippen LogP contribution < -0.4 is 5.73 Å². The molecule has 136 valence electrons. The van der Waals surface area contributed by atoms with Crippen LogP contribution in [0.15, 0.2) is 28.7 Å². The summed E-state index contributed by atoms with van der Waals surface area (Å²) < 4.78 is 3.34. The number of aliphatic hydroxyl groups is 1. The van der Waals surface area contributed by atoms with Crippen LogP contribution in [0.5, 0.6) is 0 Å². The van der Waals surface area contributed by atoms with Gasteiger partial charge in [0.15, 0.2) is 0 Å². The van der Waals surface area contributed by atoms with E-state index in [1.54, 1.807) is 0 Å². The number of aliphatic hydroxyl groups excluding tert-OH is 1. The van der Waals surface area contributed by atoms with Crippen molar-refractivity contribution in [3.8, 4) is 0 Å². The van der Waals surface area contributed by atoms with Gasteiger partial charge in [-0.25, -0.2) is 0 Å². The van der Waals surface area contributed by atoms with Crippen molar-refractivity contribution in [3.05, 3.63) is 34.4 Å². The summed E-state index contributed by atoms with van der Waals surface area (Å²) in [5.74, 6) is 0.441. The maximum Gasteiger partial charge on any atom is 0.106 e. The van der Waals surface area contributed by atoms with Gasteiger partial charge in [0.2, 0.25) is 0 Å². The zero-order chi connectivity index (χ0) is 18.9. The normalized spacial score (nSPS) is 12.0. The van der Waals surface area contributed by atoms with Crippen LogP contribution in [-0.4, -0.2) is 28.6 Å². The van der Waals surface area contributed by atoms with Crippen LogP contribution in [0, 0.1) is 0 Å². The molecule has 1 aromatic carbocycles. The molecule has 2 aromatic rings. The summed E-state index contributed by atoms with van der Waals surface area (Å²) in [5.41, 5.74) is 7.91. The van der Waals surface area contributed by atoms with Gasteiger partial charge in [-0.05, 0) is 57.2 Å². The fourth-order valence-corrected chi connectivity index (χ4v) is 2.78. The Balaban J connectivity index is 0.000000650. The molecule has 0 saturated carbocycles. The van der Waals surface area contributed by atoms with E-state index in [0.717, 1.165) is 17.3 Å². The molecule has 0 bridgehead atoms. The number of benzene rings is 1. The molecule has 0 spiro atoms. The second kappa shape index (κ2) is 10.6. The standard InChI is InChI=1S/C14H18BrNO.C4H11N.CH2O/c1-3-10(6-7-17)13-8-11-4-5-12(15)9-14(11)16(13)2;1-4(2,3)5;1-2/h4-5,8-10,17H,3,6-7H2,1-2H3;5H2,1-3H3;1H2. The molecule has 5 heteroatoms. The topological polar surface area (TPSA) is 68.2 Å². The molecule has 0 fully saturated rings. The minimum absolute atomic E-state index is 0. The van der Waals surface area contributed by atoms with Gasteiger partial charge in [0.05, 0.1) is 0 Å². The van der Waals surface area contributed by atoms with Crippen molar-refractivity contribution in [2.75, 3.05) is 6.61 Å². The molecule has 0 aliphatic heterocycles. The number of nitrogens with zero attached hydrogens (tertiary/aromatic N) is 1. The highest BCUT2D eigenvalue weighted by Gasteiger charge is 2.14. The summed E-state index contributed by atoms with van der Waals surface area (Å²) in [7, 11) is 2.10. The van der Waals surface area contributed by atoms with Gasteiger partial charge in [-0.15, -0.1) is 0 Å². The second-order valence-electron chi connectivity index (χ2n) is 6.81. The number of fused-ring (bicyclic) bond motifs is 1. The average molecular weight is 399 g/mol. The minimum Gasteiger partial charge on any atom is -0.396 e. The van der Waals surface area contributed by atoms with Crippen LogP contribution in [0.3, 0.4) is 0 Å². The van der Waals surface area contributed by atoms with Crippen LogP contribution in [-0.2, 0) is 11.8 Å². The first kappa shape index (κ1) is 22.8. The number of carbonyl (C=O) groups is 1. The molecule has 2 rings (SSSR count). The van der Waals surface area contributed by atoms with E-state index in [0.29, 0.717) is 5.92 Å². The molecule has 0 aliphatic carbocycles. The SMILES string of the molecule is C=O.CC(C)(C)N.CCC(CCO)c1cc2ccc(Br)cc2n1C. The number of nitrogens with two attached hydrogens (primary N) is 1. The van der Waals surface area contributed by atoms with E-state index in [1.807, 2.05) is 27.6 Å². The first-order chi connectivity index (χ1) is 11.2. The summed E-state index contributed by atoms with van der Waals surface area (Å²) in [4.78, 5) is 8.00. The van der Waals surface area contributed by atoms with E-state index in [1.165, 1.54) is 16.6 Å². The molecule has 0 radical (unpaired) electrons. The zero-order valence-corrected chi connectivity index (χ0v) is 17.1. The molecule has 0 aliphatic rings. The third kappa shape index (κ3) is 7.60. The van der Waals surface area contributed by atoms with Gasteiger partial charge in [-0.1, -0.05) is 28.9 Å². The van der Waals surface area contributed by atoms with E-state index in [9.17, 15) is 0 Å². The van der Waals surface area contributed by atoms with Gasteiger partial charge in [0.25, 0.3) is 0 Å². The highest BCUT2D eigenvalue weighted by atomic mass is 79.9. The Kier molecular flexibility index (Phi) is 10.1. The number of hydrogen-bond donors (Lipinski definition) is 2. The number of aromatic nitrogens is 1. The van der Waals surface area contributed by atoms with E-state index in [4.69, 9.17) is 15.6 Å². The molecule has 1 atom stereocenters. The summed E-state index contributed by atoms with van der Waals surface area (Å²) in [6, 6.07) is 8.59. The predicted octanol–water partition coefficient (Wildman–Crippen LogP) is 4.38. The molecule has 1 aromatic heterocycles. The number of halogens is 1. The Morgan fingerprint density at radius 1 is 1.29 bits per heavy atom. The van der Waals surface area contributed by atoms with Gasteiger partial charge in [0.1, 0.15) is 6.79 Å². The zero-order valence-electron chi connectivity index (χ0n) is 15.5. The van der Waals surface area contributed by atoms with Crippen molar-refractivity contribution in [2.24, 2.45) is 12.8 Å². The third-order valence-corrected chi connectivity index (χ3v) is 3.93. The van der Waals surface area contributed by atoms with Crippen LogP contribution >= 0.6 is 15.9 Å². The molecule has 0 amide bonds. The predicted molar refractivity (Wildman–Crippen MR) is 106 cm³/mol. The molecule has 1 heterocycles. The molecule has 24 heavy (non-hydrogen) atoms. The van der Waals surface area contributed by atoms with Gasteiger partial charge < -0.3 is 20.2 Å². The van der Waals surface area contributed by atoms with E-state index < -0.39 is 0 Å². The van der Waals surface area contributed by atoms with Gasteiger partial charge in [-0.2, -0.15) is 0 Å². The third-order valence-electron chi connectivity index (χ3n) is 3.43. The first-order valence-electron chi connectivity index (χ1n) is 8.10. The largest absolute Gasteiger partial charge is 0.396 e. The van der Waals surface area contributed by atoms with Gasteiger partial charge in [-0.3, -0.25) is 0 Å². The number of aryl methyl sites for hydroxylation is 1. The van der Waals surface area contributed by atoms with Gasteiger partial charge in [0, 0.05) is 40.8 Å².